The van der Waals surface area contributed by atoms with Crippen LogP contribution in [0.4, 0.5) is 10.1 Å². The second-order valence-electron chi connectivity index (χ2n) is 14.6. The van der Waals surface area contributed by atoms with Gasteiger partial charge in [0.15, 0.2) is 0 Å². The first kappa shape index (κ1) is 36.2. The highest BCUT2D eigenvalue weighted by molar-refractivity contribution is 7.99. The molecule has 2 saturated carbocycles. The molecule has 2 aliphatic heterocycles. The fourth-order valence-electron chi connectivity index (χ4n) is 7.70. The number of imide groups is 1. The van der Waals surface area contributed by atoms with Gasteiger partial charge in [-0.25, -0.2) is 9.37 Å². The van der Waals surface area contributed by atoms with E-state index < -0.39 is 17.4 Å². The summed E-state index contributed by atoms with van der Waals surface area (Å²) in [5.41, 5.74) is 0.632. The van der Waals surface area contributed by atoms with E-state index in [0.29, 0.717) is 65.8 Å². The number of hydrogen-bond donors (Lipinski definition) is 3. The number of fused-ring (bicyclic) bond motifs is 1. The summed E-state index contributed by atoms with van der Waals surface area (Å²) in [6, 6.07) is 10.2. The highest BCUT2D eigenvalue weighted by Gasteiger charge is 2.33. The van der Waals surface area contributed by atoms with Gasteiger partial charge < -0.3 is 29.4 Å². The summed E-state index contributed by atoms with van der Waals surface area (Å²) in [7, 11) is 0. The molecule has 14 heteroatoms. The lowest BCUT2D eigenvalue weighted by Crippen LogP contribution is -2.47. The molecule has 1 unspecified atom stereocenters. The molecular formula is C38H46FN5O7S. The highest BCUT2D eigenvalue weighted by atomic mass is 32.2. The van der Waals surface area contributed by atoms with Gasteiger partial charge in [0.1, 0.15) is 40.7 Å². The van der Waals surface area contributed by atoms with Crippen molar-refractivity contribution in [3.63, 3.8) is 0 Å². The number of likely N-dealkylation sites (tertiary alicyclic amines) is 1. The Kier molecular flexibility index (Phi) is 11.6. The van der Waals surface area contributed by atoms with E-state index in [0.717, 1.165) is 82.4 Å². The molecule has 0 spiro atoms. The molecular weight excluding hydrogens is 690 g/mol. The fourth-order valence-corrected chi connectivity index (χ4v) is 8.84. The summed E-state index contributed by atoms with van der Waals surface area (Å²) in [6.07, 6.45) is 8.56. The summed E-state index contributed by atoms with van der Waals surface area (Å²) < 4.78 is 32.4. The lowest BCUT2D eigenvalue weighted by molar-refractivity contribution is -0.135. The van der Waals surface area contributed by atoms with Crippen molar-refractivity contribution in [3.05, 3.63) is 58.4 Å². The Morgan fingerprint density at radius 3 is 2.44 bits per heavy atom. The molecule has 4 fully saturated rings. The van der Waals surface area contributed by atoms with Crippen molar-refractivity contribution in [2.24, 2.45) is 11.8 Å². The Morgan fingerprint density at radius 1 is 0.942 bits per heavy atom. The lowest BCUT2D eigenvalue weighted by atomic mass is 9.81. The normalized spacial score (nSPS) is 25.6. The zero-order valence-corrected chi connectivity index (χ0v) is 30.0. The number of rotatable bonds is 14. The van der Waals surface area contributed by atoms with Crippen molar-refractivity contribution in [3.8, 4) is 11.5 Å². The van der Waals surface area contributed by atoms with E-state index in [2.05, 4.69) is 25.5 Å². The van der Waals surface area contributed by atoms with Crippen LogP contribution in [0, 0.1) is 17.7 Å². The molecule has 2 aliphatic carbocycles. The summed E-state index contributed by atoms with van der Waals surface area (Å²) in [5.74, 6) is 2.04. The van der Waals surface area contributed by atoms with Crippen molar-refractivity contribution in [2.45, 2.75) is 93.5 Å². The maximum absolute atomic E-state index is 15.0. The van der Waals surface area contributed by atoms with Crippen molar-refractivity contribution < 1.29 is 33.0 Å². The first-order chi connectivity index (χ1) is 25.3. The van der Waals surface area contributed by atoms with Gasteiger partial charge in [0.25, 0.3) is 12.0 Å². The molecule has 3 N–H and O–H groups in total. The van der Waals surface area contributed by atoms with Crippen LogP contribution >= 0.6 is 11.8 Å². The number of aromatic amines is 1. The third-order valence-electron chi connectivity index (χ3n) is 10.7. The van der Waals surface area contributed by atoms with Gasteiger partial charge in [0.05, 0.1) is 24.0 Å². The Bertz CT molecular complexity index is 1790. The van der Waals surface area contributed by atoms with E-state index >= 15 is 4.39 Å². The minimum absolute atomic E-state index is 0.0124. The van der Waals surface area contributed by atoms with Crippen LogP contribution in [0.1, 0.15) is 70.0 Å². The Labute approximate surface area is 305 Å². The zero-order chi connectivity index (χ0) is 36.0. The average Bonchev–Trinajstić information content (AvgIpc) is 3.12. The maximum Gasteiger partial charge on any atom is 0.293 e. The Hall–Kier alpha value is -4.17. The predicted octanol–water partition coefficient (Wildman–Crippen LogP) is 4.95. The van der Waals surface area contributed by atoms with E-state index in [4.69, 9.17) is 14.2 Å². The second-order valence-corrected chi connectivity index (χ2v) is 15.8. The van der Waals surface area contributed by atoms with E-state index in [-0.39, 0.29) is 29.4 Å². The smallest absolute Gasteiger partial charge is 0.293 e. The van der Waals surface area contributed by atoms with Crippen molar-refractivity contribution >= 4 is 46.6 Å². The van der Waals surface area contributed by atoms with Crippen molar-refractivity contribution in [1.29, 1.82) is 0 Å². The SMILES string of the molecule is O=CO[C@H]1CC[C@H](SCc2nc3cc(OCC4CCN(CC5CC(Oc6ccc(NC7CCC(=O)NC7=O)cc6)C5)CC4)cc(F)c3c(=O)[nH]2)CC1. The molecule has 278 valence electrons. The van der Waals surface area contributed by atoms with E-state index in [1.807, 2.05) is 24.3 Å². The fraction of sp³-hybridized carbons (Fsp3) is 0.553. The average molecular weight is 736 g/mol. The van der Waals surface area contributed by atoms with Crippen LogP contribution in [0.5, 0.6) is 11.5 Å². The molecule has 2 aromatic carbocycles. The Balaban J connectivity index is 0.810. The molecule has 2 amide bonds. The minimum Gasteiger partial charge on any atom is -0.493 e. The molecule has 1 atom stereocenters. The number of thioether (sulfide) groups is 1. The molecule has 3 heterocycles. The van der Waals surface area contributed by atoms with Crippen molar-refractivity contribution in [2.75, 3.05) is 31.6 Å². The number of hydrogen-bond acceptors (Lipinski definition) is 11. The standard InChI is InChI=1S/C38H46FN5O7S/c39-31-17-28(18-33-36(31)38(48)42-34(41-33)21-52-30-7-5-26(6-8-30)50-22-45)49-20-23-11-13-44(14-12-23)19-24-15-29(16-24)51-27-3-1-25(2-4-27)40-32-9-10-35(46)43-37(32)47/h1-4,17-18,22-24,26,29-30,32,40H,5-16,19-21H2,(H,41,42,48)(H,43,46,47)/t24?,26-,29?,30-,32?. The summed E-state index contributed by atoms with van der Waals surface area (Å²) in [6.45, 7) is 4.04. The lowest BCUT2D eigenvalue weighted by Gasteiger charge is -2.40. The van der Waals surface area contributed by atoms with Gasteiger partial charge in [0, 0.05) is 36.0 Å². The molecule has 4 aliphatic rings. The first-order valence-electron chi connectivity index (χ1n) is 18.4. The van der Waals surface area contributed by atoms with Gasteiger partial charge in [-0.05, 0) is 107 Å². The van der Waals surface area contributed by atoms with Crippen LogP contribution < -0.4 is 25.7 Å². The van der Waals surface area contributed by atoms with Crippen LogP contribution in [0.3, 0.4) is 0 Å². The Morgan fingerprint density at radius 2 is 1.71 bits per heavy atom. The van der Waals surface area contributed by atoms with Crippen LogP contribution in [0.25, 0.3) is 10.9 Å². The minimum atomic E-state index is -0.634. The molecule has 3 aromatic rings. The van der Waals surface area contributed by atoms with Gasteiger partial charge in [0.2, 0.25) is 11.8 Å². The van der Waals surface area contributed by atoms with Gasteiger partial charge in [-0.2, -0.15) is 11.8 Å². The number of piperidine rings is 2. The van der Waals surface area contributed by atoms with Crippen LogP contribution in [-0.2, 0) is 24.9 Å². The number of nitrogens with one attached hydrogen (secondary N) is 3. The zero-order valence-electron chi connectivity index (χ0n) is 29.2. The number of nitrogens with zero attached hydrogens (tertiary/aromatic N) is 2. The number of aromatic nitrogens is 2. The number of ether oxygens (including phenoxy) is 3. The molecule has 0 bridgehead atoms. The third-order valence-corrected chi connectivity index (χ3v) is 12.1. The van der Waals surface area contributed by atoms with Crippen LogP contribution in [0.2, 0.25) is 0 Å². The highest BCUT2D eigenvalue weighted by Crippen LogP contribution is 2.34. The second kappa shape index (κ2) is 16.7. The van der Waals surface area contributed by atoms with Crippen molar-refractivity contribution in [1.82, 2.24) is 20.2 Å². The van der Waals surface area contributed by atoms with E-state index in [9.17, 15) is 19.2 Å². The first-order valence-corrected chi connectivity index (χ1v) is 19.5. The molecule has 52 heavy (non-hydrogen) atoms. The topological polar surface area (TPSA) is 152 Å². The predicted molar refractivity (Wildman–Crippen MR) is 195 cm³/mol. The van der Waals surface area contributed by atoms with Gasteiger partial charge in [-0.1, -0.05) is 0 Å². The number of carbonyl (C=O) groups is 3. The van der Waals surface area contributed by atoms with E-state index in [1.165, 1.54) is 6.07 Å². The van der Waals surface area contributed by atoms with E-state index in [1.54, 1.807) is 17.8 Å². The van der Waals surface area contributed by atoms with Crippen LogP contribution in [-0.4, -0.2) is 82.9 Å². The molecule has 12 nitrogen and oxygen atoms in total. The molecule has 1 aromatic heterocycles. The molecule has 7 rings (SSSR count). The number of H-pyrrole nitrogens is 1. The number of anilines is 1. The summed E-state index contributed by atoms with van der Waals surface area (Å²) in [4.78, 5) is 56.6. The molecule has 0 radical (unpaired) electrons. The van der Waals surface area contributed by atoms with Gasteiger partial charge in [-0.15, -0.1) is 0 Å². The summed E-state index contributed by atoms with van der Waals surface area (Å²) >= 11 is 1.71. The number of amides is 2. The number of carbonyl (C=O) groups excluding carboxylic acids is 3. The number of benzene rings is 2. The third kappa shape index (κ3) is 9.24. The van der Waals surface area contributed by atoms with Gasteiger partial charge >= 0.3 is 0 Å². The number of halogens is 1. The van der Waals surface area contributed by atoms with Crippen LogP contribution in [0.15, 0.2) is 41.2 Å². The largest absolute Gasteiger partial charge is 0.493 e. The monoisotopic (exact) mass is 735 g/mol. The molecule has 2 saturated heterocycles. The summed E-state index contributed by atoms with van der Waals surface area (Å²) in [5, 5.41) is 5.89. The van der Waals surface area contributed by atoms with Gasteiger partial charge in [-0.3, -0.25) is 24.5 Å². The quantitative estimate of drug-likeness (QED) is 0.153. The maximum atomic E-state index is 15.0.